The number of nitrogen functional groups attached to an aromatic ring is 2. The van der Waals surface area contributed by atoms with Crippen molar-refractivity contribution < 1.29 is 45.8 Å². The molecule has 0 aliphatic carbocycles. The largest absolute Gasteiger partial charge is 0.476 e. The molecule has 8 nitrogen and oxygen atoms in total. The van der Waals surface area contributed by atoms with Crippen LogP contribution in [0.3, 0.4) is 0 Å². The van der Waals surface area contributed by atoms with Crippen molar-refractivity contribution in [3.63, 3.8) is 0 Å². The Morgan fingerprint density at radius 3 is 1.42 bits per heavy atom. The highest BCUT2D eigenvalue weighted by Crippen LogP contribution is 2.42. The number of carbonyl (C=O) groups is 2. The molecule has 2 aromatic heterocycles. The molecule has 0 radical (unpaired) electrons. The van der Waals surface area contributed by atoms with E-state index in [0.717, 1.165) is 7.11 Å². The van der Waals surface area contributed by atoms with E-state index in [1.54, 1.807) is 0 Å². The lowest BCUT2D eigenvalue weighted by molar-refractivity contribution is -0.138. The zero-order valence-corrected chi connectivity index (χ0v) is 25.1. The minimum atomic E-state index is -4.78. The number of esters is 1. The lowest BCUT2D eigenvalue weighted by atomic mass is 10.0. The molecule has 0 atom stereocenters. The molecule has 0 aliphatic heterocycles. The number of nitrogens with two attached hydrogens (primary N) is 2. The number of carboxylic acid groups (broad SMARTS) is 1. The van der Waals surface area contributed by atoms with Crippen molar-refractivity contribution in [1.82, 2.24) is 9.97 Å². The van der Waals surface area contributed by atoms with E-state index in [1.165, 1.54) is 36.4 Å². The molecule has 18 heteroatoms. The first-order valence-corrected chi connectivity index (χ1v) is 13.2. The van der Waals surface area contributed by atoms with E-state index in [9.17, 15) is 35.9 Å². The second kappa shape index (κ2) is 13.6. The lowest BCUT2D eigenvalue weighted by Gasteiger charge is -2.16. The van der Waals surface area contributed by atoms with Crippen LogP contribution in [0, 0.1) is 0 Å². The van der Waals surface area contributed by atoms with E-state index in [1.807, 2.05) is 0 Å². The summed E-state index contributed by atoms with van der Waals surface area (Å²) in [6.45, 7) is 0. The number of anilines is 2. The number of benzene rings is 2. The van der Waals surface area contributed by atoms with Gasteiger partial charge in [-0.1, -0.05) is 46.4 Å². The summed E-state index contributed by atoms with van der Waals surface area (Å²) in [7, 11) is 1.07. The van der Waals surface area contributed by atoms with Crippen molar-refractivity contribution in [1.29, 1.82) is 0 Å². The molecule has 0 saturated heterocycles. The number of carboxylic acids is 1. The van der Waals surface area contributed by atoms with Crippen LogP contribution in [0.1, 0.15) is 32.1 Å². The Kier molecular flexibility index (Phi) is 10.7. The number of aromatic carboxylic acids is 1. The Labute approximate surface area is 269 Å². The fraction of sp³-hybridized carbons (Fsp3) is 0.111. The molecule has 2 heterocycles. The summed E-state index contributed by atoms with van der Waals surface area (Å²) in [5.41, 5.74) is 5.08. The summed E-state index contributed by atoms with van der Waals surface area (Å²) >= 11 is 23.3. The molecule has 5 N–H and O–H groups in total. The molecule has 0 aliphatic rings. The van der Waals surface area contributed by atoms with Gasteiger partial charge in [-0.05, 0) is 48.5 Å². The number of rotatable bonds is 4. The number of halogens is 10. The summed E-state index contributed by atoms with van der Waals surface area (Å²) in [6, 6.07) is 8.84. The number of alkyl halides is 6. The van der Waals surface area contributed by atoms with E-state index < -0.39 is 69.6 Å². The third kappa shape index (κ3) is 8.19. The molecule has 2 aromatic carbocycles. The van der Waals surface area contributed by atoms with Crippen LogP contribution in [0.2, 0.25) is 20.1 Å². The number of nitrogens with zero attached hydrogens (tertiary/aromatic N) is 2. The number of hydrogen-bond donors (Lipinski definition) is 3. The van der Waals surface area contributed by atoms with Crippen LogP contribution in [0.4, 0.5) is 37.7 Å². The molecular formula is C27H16Cl4F6N4O4. The number of hydrogen-bond acceptors (Lipinski definition) is 7. The quantitative estimate of drug-likeness (QED) is 0.141. The number of pyridine rings is 2. The Morgan fingerprint density at radius 1 is 0.711 bits per heavy atom. The van der Waals surface area contributed by atoms with Crippen molar-refractivity contribution in [3.8, 4) is 22.5 Å². The van der Waals surface area contributed by atoms with Crippen LogP contribution in [0.5, 0.6) is 0 Å². The van der Waals surface area contributed by atoms with Crippen LogP contribution >= 0.6 is 46.4 Å². The third-order valence-corrected chi connectivity index (χ3v) is 6.76. The first kappa shape index (κ1) is 35.5. The molecule has 0 bridgehead atoms. The zero-order valence-electron chi connectivity index (χ0n) is 22.1. The Balaban J connectivity index is 0.000000246. The van der Waals surface area contributed by atoms with Gasteiger partial charge in [0.1, 0.15) is 0 Å². The average Bonchev–Trinajstić information content (AvgIpc) is 2.92. The predicted octanol–water partition coefficient (Wildman–Crippen LogP) is 8.80. The monoisotopic (exact) mass is 714 g/mol. The fourth-order valence-corrected chi connectivity index (χ4v) is 4.69. The van der Waals surface area contributed by atoms with E-state index in [-0.39, 0.29) is 31.2 Å². The maximum atomic E-state index is 13.3. The van der Waals surface area contributed by atoms with Crippen LogP contribution in [-0.2, 0) is 17.1 Å². The van der Waals surface area contributed by atoms with Gasteiger partial charge in [0.25, 0.3) is 0 Å². The lowest BCUT2D eigenvalue weighted by Crippen LogP contribution is -2.15. The van der Waals surface area contributed by atoms with Gasteiger partial charge >= 0.3 is 24.3 Å². The minimum absolute atomic E-state index is 0.0338. The van der Waals surface area contributed by atoms with Gasteiger partial charge < -0.3 is 21.3 Å². The SMILES string of the molecule is COC(=O)c1nc(-c2ccc(Cl)cc2Cl)c(C(F)(F)F)cc1N.Nc1cc(C(F)(F)F)c(-c2ccc(Cl)cc2Cl)nc1C(=O)O. The van der Waals surface area contributed by atoms with Gasteiger partial charge in [-0.2, -0.15) is 26.3 Å². The maximum Gasteiger partial charge on any atom is 0.418 e. The highest BCUT2D eigenvalue weighted by atomic mass is 35.5. The number of ether oxygens (including phenoxy) is 1. The molecule has 238 valence electrons. The van der Waals surface area contributed by atoms with Gasteiger partial charge in [0, 0.05) is 21.2 Å². The van der Waals surface area contributed by atoms with Crippen molar-refractivity contribution in [2.75, 3.05) is 18.6 Å². The first-order valence-electron chi connectivity index (χ1n) is 11.7. The standard InChI is InChI=1S/C14H9Cl2F3N2O2.C13H7Cl2F3N2O2/c1-23-13(22)12-10(20)5-8(14(17,18)19)11(21-12)7-3-2-6(15)4-9(7)16;14-5-1-2-6(8(15)3-5)10-7(13(16,17)18)4-9(19)11(20-10)12(21)22/h2-5H,20H2,1H3;1-4H,19H2,(H,21,22). The Morgan fingerprint density at radius 2 is 1.09 bits per heavy atom. The van der Waals surface area contributed by atoms with Crippen molar-refractivity contribution in [2.45, 2.75) is 12.4 Å². The second-order valence-electron chi connectivity index (χ2n) is 8.69. The predicted molar refractivity (Wildman–Crippen MR) is 157 cm³/mol. The molecule has 0 amide bonds. The normalized spacial score (nSPS) is 11.4. The van der Waals surface area contributed by atoms with Gasteiger partial charge in [-0.3, -0.25) is 0 Å². The van der Waals surface area contributed by atoms with Crippen LogP contribution in [-0.4, -0.2) is 34.1 Å². The van der Waals surface area contributed by atoms with Crippen LogP contribution in [0.25, 0.3) is 22.5 Å². The van der Waals surface area contributed by atoms with Crippen molar-refractivity contribution in [2.24, 2.45) is 0 Å². The van der Waals surface area contributed by atoms with E-state index in [4.69, 9.17) is 63.0 Å². The molecule has 4 rings (SSSR count). The van der Waals surface area contributed by atoms with Gasteiger partial charge in [0.15, 0.2) is 11.4 Å². The summed E-state index contributed by atoms with van der Waals surface area (Å²) in [5.74, 6) is -2.50. The van der Waals surface area contributed by atoms with Gasteiger partial charge in [0.2, 0.25) is 0 Å². The molecular weight excluding hydrogens is 700 g/mol. The first-order chi connectivity index (χ1) is 20.8. The van der Waals surface area contributed by atoms with Crippen LogP contribution < -0.4 is 11.5 Å². The van der Waals surface area contributed by atoms with Crippen LogP contribution in [0.15, 0.2) is 48.5 Å². The Bertz CT molecular complexity index is 1800. The van der Waals surface area contributed by atoms with Crippen molar-refractivity contribution >= 4 is 69.7 Å². The van der Waals surface area contributed by atoms with Gasteiger partial charge in [-0.25, -0.2) is 19.6 Å². The fourth-order valence-electron chi connectivity index (χ4n) is 3.69. The van der Waals surface area contributed by atoms with Gasteiger partial charge in [-0.15, -0.1) is 0 Å². The van der Waals surface area contributed by atoms with Gasteiger partial charge in [0.05, 0.1) is 51.0 Å². The zero-order chi connectivity index (χ0) is 34.0. The third-order valence-electron chi connectivity index (χ3n) is 5.67. The van der Waals surface area contributed by atoms with Crippen molar-refractivity contribution in [3.05, 3.63) is 91.1 Å². The summed E-state index contributed by atoms with van der Waals surface area (Å²) in [5, 5.41) is 9.29. The smallest absolute Gasteiger partial charge is 0.418 e. The van der Waals surface area contributed by atoms with E-state index in [0.29, 0.717) is 12.1 Å². The molecule has 0 saturated carbocycles. The number of aromatic nitrogens is 2. The number of carbonyl (C=O) groups excluding carboxylic acids is 1. The van der Waals surface area contributed by atoms with E-state index >= 15 is 0 Å². The minimum Gasteiger partial charge on any atom is -0.476 e. The average molecular weight is 716 g/mol. The molecule has 45 heavy (non-hydrogen) atoms. The second-order valence-corrected chi connectivity index (χ2v) is 10.4. The highest BCUT2D eigenvalue weighted by molar-refractivity contribution is 6.37. The molecule has 0 fully saturated rings. The summed E-state index contributed by atoms with van der Waals surface area (Å²) in [6.07, 6.45) is -9.52. The maximum absolute atomic E-state index is 13.3. The molecule has 0 unspecified atom stereocenters. The Hall–Kier alpha value is -3.98. The summed E-state index contributed by atoms with van der Waals surface area (Å²) < 4.78 is 83.7. The highest BCUT2D eigenvalue weighted by Gasteiger charge is 2.38. The van der Waals surface area contributed by atoms with E-state index in [2.05, 4.69) is 14.7 Å². The summed E-state index contributed by atoms with van der Waals surface area (Å²) in [4.78, 5) is 29.9. The molecule has 0 spiro atoms. The molecule has 4 aromatic rings. The number of methoxy groups -OCH3 is 1. The topological polar surface area (TPSA) is 141 Å².